The lowest BCUT2D eigenvalue weighted by atomic mass is 9.78. The van der Waals surface area contributed by atoms with Crippen molar-refractivity contribution in [2.24, 2.45) is 5.16 Å². The molecule has 1 aromatic rings. The summed E-state index contributed by atoms with van der Waals surface area (Å²) in [7, 11) is 1.31. The summed E-state index contributed by atoms with van der Waals surface area (Å²) in [5, 5.41) is 4.19. The number of rotatable bonds is 3. The van der Waals surface area contributed by atoms with Crippen molar-refractivity contribution < 1.29 is 19.1 Å². The molecule has 0 N–H and O–H groups in total. The number of carbonyl (C=O) groups excluding carboxylic acids is 1. The van der Waals surface area contributed by atoms with Gasteiger partial charge in [0.15, 0.2) is 0 Å². The molecular formula is C17H20N2O4. The number of aromatic nitrogens is 1. The Balaban J connectivity index is 1.82. The number of carbonyl (C=O) groups is 1. The molecule has 1 fully saturated rings. The van der Waals surface area contributed by atoms with Crippen LogP contribution in [0.15, 0.2) is 36.0 Å². The molecule has 0 amide bonds. The second-order valence-electron chi connectivity index (χ2n) is 5.86. The molecular weight excluding hydrogens is 296 g/mol. The van der Waals surface area contributed by atoms with Gasteiger partial charge in [0.25, 0.3) is 0 Å². The van der Waals surface area contributed by atoms with Crippen molar-refractivity contribution in [2.75, 3.05) is 7.11 Å². The van der Waals surface area contributed by atoms with Gasteiger partial charge in [-0.2, -0.15) is 0 Å². The number of ether oxygens (including phenoxy) is 2. The van der Waals surface area contributed by atoms with Crippen LogP contribution < -0.4 is 4.74 Å². The van der Waals surface area contributed by atoms with Gasteiger partial charge < -0.3 is 14.3 Å². The van der Waals surface area contributed by atoms with Gasteiger partial charge in [-0.3, -0.25) is 4.98 Å². The van der Waals surface area contributed by atoms with Gasteiger partial charge >= 0.3 is 5.97 Å². The highest BCUT2D eigenvalue weighted by Crippen LogP contribution is 2.41. The Labute approximate surface area is 135 Å². The number of fused-ring (bicyclic) bond motifs is 1. The van der Waals surface area contributed by atoms with Crippen LogP contribution in [0.2, 0.25) is 0 Å². The smallest absolute Gasteiger partial charge is 0.333 e. The van der Waals surface area contributed by atoms with E-state index in [1.165, 1.54) is 25.9 Å². The highest BCUT2D eigenvalue weighted by Gasteiger charge is 2.40. The quantitative estimate of drug-likeness (QED) is 0.371. The predicted octanol–water partition coefficient (Wildman–Crippen LogP) is 2.97. The molecule has 0 unspecified atom stereocenters. The summed E-state index contributed by atoms with van der Waals surface area (Å²) in [5.74, 6) is 0.269. The molecule has 1 aliphatic heterocycles. The average molecular weight is 316 g/mol. The second kappa shape index (κ2) is 6.81. The molecule has 0 radical (unpaired) electrons. The molecule has 1 saturated carbocycles. The lowest BCUT2D eigenvalue weighted by Gasteiger charge is -2.41. The molecule has 0 aromatic carbocycles. The van der Waals surface area contributed by atoms with E-state index in [4.69, 9.17) is 9.57 Å². The zero-order chi connectivity index (χ0) is 16.1. The molecule has 6 heteroatoms. The largest absolute Gasteiger partial charge is 0.485 e. The van der Waals surface area contributed by atoms with Gasteiger partial charge in [0.1, 0.15) is 17.6 Å². The van der Waals surface area contributed by atoms with E-state index in [2.05, 4.69) is 14.9 Å². The maximum absolute atomic E-state index is 11.0. The van der Waals surface area contributed by atoms with Gasteiger partial charge in [0.05, 0.1) is 25.1 Å². The molecule has 0 saturated heterocycles. The Morgan fingerprint density at radius 2 is 2.22 bits per heavy atom. The second-order valence-corrected chi connectivity index (χ2v) is 5.86. The fourth-order valence-corrected chi connectivity index (χ4v) is 3.17. The highest BCUT2D eigenvalue weighted by molar-refractivity contribution is 6.04. The number of oxime groups is 1. The van der Waals surface area contributed by atoms with E-state index in [1.807, 2.05) is 6.07 Å². The van der Waals surface area contributed by atoms with Crippen molar-refractivity contribution in [3.8, 4) is 5.75 Å². The molecule has 1 aliphatic carbocycles. The van der Waals surface area contributed by atoms with Gasteiger partial charge in [-0.1, -0.05) is 11.6 Å². The van der Waals surface area contributed by atoms with Crippen LogP contribution >= 0.6 is 0 Å². The van der Waals surface area contributed by atoms with Crippen molar-refractivity contribution in [1.29, 1.82) is 0 Å². The van der Waals surface area contributed by atoms with Crippen LogP contribution in [-0.4, -0.2) is 29.4 Å². The van der Waals surface area contributed by atoms with Crippen molar-refractivity contribution in [2.45, 2.75) is 44.1 Å². The van der Waals surface area contributed by atoms with E-state index in [0.717, 1.165) is 42.7 Å². The van der Waals surface area contributed by atoms with Crippen LogP contribution in [0.1, 0.15) is 44.1 Å². The van der Waals surface area contributed by atoms with E-state index < -0.39 is 5.97 Å². The molecule has 1 aromatic heterocycles. The first-order chi connectivity index (χ1) is 11.2. The van der Waals surface area contributed by atoms with Crippen LogP contribution in [0.3, 0.4) is 0 Å². The van der Waals surface area contributed by atoms with Gasteiger partial charge in [-0.25, -0.2) is 4.79 Å². The van der Waals surface area contributed by atoms with Crippen molar-refractivity contribution in [3.63, 3.8) is 0 Å². The summed E-state index contributed by atoms with van der Waals surface area (Å²) in [6.45, 7) is 0. The standard InChI is InChI=1S/C17H20N2O4/c1-21-16(20)6-10-22-19-14-11-17(7-3-2-4-8-17)23-15-12-18-9-5-13(14)15/h5-6,9-10,12H,2-4,7-8,11H2,1H3/b10-6+,19-14+. The molecule has 0 atom stereocenters. The Kier molecular flexibility index (Phi) is 4.60. The Morgan fingerprint density at radius 1 is 1.39 bits per heavy atom. The number of pyridine rings is 1. The lowest BCUT2D eigenvalue weighted by Crippen LogP contribution is -2.43. The third-order valence-corrected chi connectivity index (χ3v) is 4.31. The minimum Gasteiger partial charge on any atom is -0.485 e. The minimum absolute atomic E-state index is 0.206. The summed E-state index contributed by atoms with van der Waals surface area (Å²) in [5.41, 5.74) is 1.51. The molecule has 122 valence electrons. The molecule has 23 heavy (non-hydrogen) atoms. The number of hydrogen-bond acceptors (Lipinski definition) is 6. The van der Waals surface area contributed by atoms with E-state index in [1.54, 1.807) is 12.4 Å². The first-order valence-electron chi connectivity index (χ1n) is 7.83. The number of esters is 1. The molecule has 6 nitrogen and oxygen atoms in total. The Morgan fingerprint density at radius 3 is 3.00 bits per heavy atom. The summed E-state index contributed by atoms with van der Waals surface area (Å²) >= 11 is 0. The normalized spacial score (nSPS) is 21.0. The SMILES string of the molecule is COC(=O)/C=C/O/N=C1\CC2(CCCCC2)Oc2cnccc21. The number of methoxy groups -OCH3 is 1. The van der Waals surface area contributed by atoms with Gasteiger partial charge in [-0.15, -0.1) is 0 Å². The summed E-state index contributed by atoms with van der Waals surface area (Å²) in [4.78, 5) is 20.3. The molecule has 0 bridgehead atoms. The molecule has 3 rings (SSSR count). The summed E-state index contributed by atoms with van der Waals surface area (Å²) < 4.78 is 10.8. The van der Waals surface area contributed by atoms with Crippen molar-refractivity contribution in [1.82, 2.24) is 4.98 Å². The first-order valence-corrected chi connectivity index (χ1v) is 7.83. The topological polar surface area (TPSA) is 70.0 Å². The Hall–Kier alpha value is -2.37. The van der Waals surface area contributed by atoms with Crippen LogP contribution in [0.4, 0.5) is 0 Å². The van der Waals surface area contributed by atoms with E-state index in [-0.39, 0.29) is 5.60 Å². The highest BCUT2D eigenvalue weighted by atomic mass is 16.6. The summed E-state index contributed by atoms with van der Waals surface area (Å²) in [6, 6.07) is 1.87. The molecule has 2 heterocycles. The van der Waals surface area contributed by atoms with Crippen LogP contribution in [0, 0.1) is 0 Å². The number of nitrogens with zero attached hydrogens (tertiary/aromatic N) is 2. The fraction of sp³-hybridized carbons (Fsp3) is 0.471. The van der Waals surface area contributed by atoms with E-state index >= 15 is 0 Å². The zero-order valence-corrected chi connectivity index (χ0v) is 13.2. The van der Waals surface area contributed by atoms with Gasteiger partial charge in [-0.05, 0) is 31.7 Å². The average Bonchev–Trinajstić information content (AvgIpc) is 2.59. The molecule has 2 aliphatic rings. The first kappa shape index (κ1) is 15.5. The minimum atomic E-state index is -0.481. The molecule has 1 spiro atoms. The van der Waals surface area contributed by atoms with Crippen molar-refractivity contribution >= 4 is 11.7 Å². The monoisotopic (exact) mass is 316 g/mol. The predicted molar refractivity (Wildman–Crippen MR) is 84.1 cm³/mol. The van der Waals surface area contributed by atoms with Crippen LogP contribution in [0.25, 0.3) is 0 Å². The van der Waals surface area contributed by atoms with Crippen molar-refractivity contribution in [3.05, 3.63) is 36.4 Å². The van der Waals surface area contributed by atoms with Crippen LogP contribution in [-0.2, 0) is 14.4 Å². The maximum atomic E-state index is 11.0. The van der Waals surface area contributed by atoms with Gasteiger partial charge in [0.2, 0.25) is 0 Å². The Bertz CT molecular complexity index is 633. The fourth-order valence-electron chi connectivity index (χ4n) is 3.17. The van der Waals surface area contributed by atoms with E-state index in [9.17, 15) is 4.79 Å². The zero-order valence-electron chi connectivity index (χ0n) is 13.2. The maximum Gasteiger partial charge on any atom is 0.333 e. The number of hydrogen-bond donors (Lipinski definition) is 0. The third kappa shape index (κ3) is 3.52. The third-order valence-electron chi connectivity index (χ3n) is 4.31. The lowest BCUT2D eigenvalue weighted by molar-refractivity contribution is -0.135. The van der Waals surface area contributed by atoms with Crippen LogP contribution in [0.5, 0.6) is 5.75 Å². The van der Waals surface area contributed by atoms with Gasteiger partial charge in [0, 0.05) is 18.2 Å². The van der Waals surface area contributed by atoms with E-state index in [0.29, 0.717) is 6.42 Å². The summed E-state index contributed by atoms with van der Waals surface area (Å²) in [6.07, 6.45) is 12.1.